The van der Waals surface area contributed by atoms with Crippen molar-refractivity contribution in [1.29, 1.82) is 0 Å². The molecule has 0 unspecified atom stereocenters. The average molecular weight is 254 g/mol. The molecule has 4 heteroatoms. The van der Waals surface area contributed by atoms with Gasteiger partial charge in [-0.05, 0) is 11.6 Å². The normalized spacial score (nSPS) is 15.4. The molecular formula is C15H11FN2O. The summed E-state index contributed by atoms with van der Waals surface area (Å²) in [5.41, 5.74) is 2.05. The van der Waals surface area contributed by atoms with Crippen molar-refractivity contribution in [2.45, 2.75) is 6.54 Å². The molecular weight excluding hydrogens is 243 g/mol. The minimum atomic E-state index is -0.434. The number of rotatable bonds is 2. The maximum absolute atomic E-state index is 13.5. The van der Waals surface area contributed by atoms with Crippen molar-refractivity contribution < 1.29 is 9.18 Å². The SMILES string of the molecule is O=C1Nc2c(F)cccc2C1=NCc1ccccc1. The Kier molecular flexibility index (Phi) is 2.83. The molecule has 1 heterocycles. The van der Waals surface area contributed by atoms with E-state index in [1.165, 1.54) is 6.07 Å². The van der Waals surface area contributed by atoms with Gasteiger partial charge in [-0.25, -0.2) is 4.39 Å². The van der Waals surface area contributed by atoms with Crippen molar-refractivity contribution in [2.75, 3.05) is 5.32 Å². The molecule has 1 aliphatic rings. The second-order valence-corrected chi connectivity index (χ2v) is 4.27. The van der Waals surface area contributed by atoms with Crippen LogP contribution in [0.1, 0.15) is 11.1 Å². The Bertz CT molecular complexity index is 665. The summed E-state index contributed by atoms with van der Waals surface area (Å²) in [6.45, 7) is 0.402. The van der Waals surface area contributed by atoms with Crippen LogP contribution >= 0.6 is 0 Å². The molecule has 0 saturated heterocycles. The largest absolute Gasteiger partial charge is 0.318 e. The minimum absolute atomic E-state index is 0.222. The van der Waals surface area contributed by atoms with Crippen molar-refractivity contribution in [3.05, 3.63) is 65.5 Å². The van der Waals surface area contributed by atoms with Crippen LogP contribution in [0.2, 0.25) is 0 Å². The zero-order valence-corrected chi connectivity index (χ0v) is 10.1. The highest BCUT2D eigenvalue weighted by molar-refractivity contribution is 6.53. The number of halogens is 1. The minimum Gasteiger partial charge on any atom is -0.318 e. The third kappa shape index (κ3) is 2.12. The van der Waals surface area contributed by atoms with Gasteiger partial charge in [0.1, 0.15) is 11.5 Å². The molecule has 2 aromatic rings. The maximum atomic E-state index is 13.5. The molecule has 0 fully saturated rings. The molecule has 1 amide bonds. The molecule has 0 bridgehead atoms. The van der Waals surface area contributed by atoms with Gasteiger partial charge in [-0.2, -0.15) is 0 Å². The monoisotopic (exact) mass is 254 g/mol. The Hall–Kier alpha value is -2.49. The summed E-state index contributed by atoms with van der Waals surface area (Å²) in [4.78, 5) is 16.1. The Labute approximate surface area is 109 Å². The number of fused-ring (bicyclic) bond motifs is 1. The fourth-order valence-corrected chi connectivity index (χ4v) is 2.05. The number of benzene rings is 2. The van der Waals surface area contributed by atoms with Crippen LogP contribution in [-0.2, 0) is 11.3 Å². The van der Waals surface area contributed by atoms with Gasteiger partial charge in [0, 0.05) is 5.56 Å². The van der Waals surface area contributed by atoms with Gasteiger partial charge in [0.2, 0.25) is 0 Å². The van der Waals surface area contributed by atoms with Crippen LogP contribution in [0, 0.1) is 5.82 Å². The third-order valence-corrected chi connectivity index (χ3v) is 2.98. The summed E-state index contributed by atoms with van der Waals surface area (Å²) >= 11 is 0. The van der Waals surface area contributed by atoms with Crippen LogP contribution in [0.25, 0.3) is 0 Å². The van der Waals surface area contributed by atoms with Gasteiger partial charge >= 0.3 is 0 Å². The van der Waals surface area contributed by atoms with Gasteiger partial charge in [-0.3, -0.25) is 9.79 Å². The summed E-state index contributed by atoms with van der Waals surface area (Å²) in [6, 6.07) is 14.2. The fraction of sp³-hybridized carbons (Fsp3) is 0.0667. The lowest BCUT2D eigenvalue weighted by molar-refractivity contribution is -0.110. The highest BCUT2D eigenvalue weighted by Gasteiger charge is 2.27. The molecule has 0 saturated carbocycles. The van der Waals surface area contributed by atoms with Gasteiger partial charge in [0.15, 0.2) is 0 Å². The number of nitrogens with one attached hydrogen (secondary N) is 1. The van der Waals surface area contributed by atoms with Crippen LogP contribution in [0.4, 0.5) is 10.1 Å². The van der Waals surface area contributed by atoms with E-state index in [1.54, 1.807) is 12.1 Å². The molecule has 3 nitrogen and oxygen atoms in total. The van der Waals surface area contributed by atoms with E-state index in [9.17, 15) is 9.18 Å². The van der Waals surface area contributed by atoms with Crippen LogP contribution < -0.4 is 5.32 Å². The van der Waals surface area contributed by atoms with Crippen molar-refractivity contribution in [3.63, 3.8) is 0 Å². The number of para-hydroxylation sites is 1. The zero-order chi connectivity index (χ0) is 13.2. The summed E-state index contributed by atoms with van der Waals surface area (Å²) in [5, 5.41) is 2.51. The first-order valence-corrected chi connectivity index (χ1v) is 5.94. The van der Waals surface area contributed by atoms with E-state index in [4.69, 9.17) is 0 Å². The number of carbonyl (C=O) groups excluding carboxylic acids is 1. The number of anilines is 1. The number of carbonyl (C=O) groups is 1. The van der Waals surface area contributed by atoms with Crippen molar-refractivity contribution >= 4 is 17.3 Å². The molecule has 0 aromatic heterocycles. The lowest BCUT2D eigenvalue weighted by Gasteiger charge is -1.99. The summed E-state index contributed by atoms with van der Waals surface area (Å²) in [7, 11) is 0. The summed E-state index contributed by atoms with van der Waals surface area (Å²) in [6.07, 6.45) is 0. The van der Waals surface area contributed by atoms with E-state index < -0.39 is 5.82 Å². The first-order valence-electron chi connectivity index (χ1n) is 5.94. The number of hydrogen-bond acceptors (Lipinski definition) is 2. The molecule has 3 rings (SSSR count). The molecule has 19 heavy (non-hydrogen) atoms. The third-order valence-electron chi connectivity index (χ3n) is 2.98. The van der Waals surface area contributed by atoms with Crippen molar-refractivity contribution in [1.82, 2.24) is 0 Å². The molecule has 0 radical (unpaired) electrons. The highest BCUT2D eigenvalue weighted by Crippen LogP contribution is 2.26. The van der Waals surface area contributed by atoms with E-state index in [0.29, 0.717) is 17.8 Å². The second-order valence-electron chi connectivity index (χ2n) is 4.27. The topological polar surface area (TPSA) is 41.5 Å². The Balaban J connectivity index is 1.94. The summed E-state index contributed by atoms with van der Waals surface area (Å²) in [5.74, 6) is -0.785. The molecule has 2 aromatic carbocycles. The van der Waals surface area contributed by atoms with Gasteiger partial charge in [-0.15, -0.1) is 0 Å². The molecule has 1 N–H and O–H groups in total. The number of nitrogens with zero attached hydrogens (tertiary/aromatic N) is 1. The highest BCUT2D eigenvalue weighted by atomic mass is 19.1. The molecule has 1 aliphatic heterocycles. The number of amides is 1. The van der Waals surface area contributed by atoms with Crippen LogP contribution in [0.15, 0.2) is 53.5 Å². The molecule has 0 spiro atoms. The molecule has 94 valence electrons. The van der Waals surface area contributed by atoms with E-state index >= 15 is 0 Å². The maximum Gasteiger partial charge on any atom is 0.274 e. The molecule has 0 atom stereocenters. The Morgan fingerprint density at radius 3 is 2.63 bits per heavy atom. The number of aliphatic imine (C=N–C) groups is 1. The number of hydrogen-bond donors (Lipinski definition) is 1. The van der Waals surface area contributed by atoms with E-state index in [1.807, 2.05) is 30.3 Å². The van der Waals surface area contributed by atoms with Gasteiger partial charge in [-0.1, -0.05) is 42.5 Å². The standard InChI is InChI=1S/C15H11FN2O/c16-12-8-4-7-11-13(12)18-15(19)14(11)17-9-10-5-2-1-3-6-10/h1-8H,9H2,(H,17,18,19). The van der Waals surface area contributed by atoms with Crippen LogP contribution in [0.3, 0.4) is 0 Å². The predicted octanol–water partition coefficient (Wildman–Crippen LogP) is 2.77. The lowest BCUT2D eigenvalue weighted by atomic mass is 10.1. The van der Waals surface area contributed by atoms with Gasteiger partial charge < -0.3 is 5.32 Å². The quantitative estimate of drug-likeness (QED) is 0.879. The first kappa shape index (κ1) is 11.6. The van der Waals surface area contributed by atoms with E-state index in [-0.39, 0.29) is 11.6 Å². The van der Waals surface area contributed by atoms with Crippen molar-refractivity contribution in [2.24, 2.45) is 4.99 Å². The van der Waals surface area contributed by atoms with Crippen LogP contribution in [0.5, 0.6) is 0 Å². The predicted molar refractivity (Wildman–Crippen MR) is 71.7 cm³/mol. The fourth-order valence-electron chi connectivity index (χ4n) is 2.05. The van der Waals surface area contributed by atoms with Gasteiger partial charge in [0.05, 0.1) is 12.2 Å². The lowest BCUT2D eigenvalue weighted by Crippen LogP contribution is -2.14. The van der Waals surface area contributed by atoms with E-state index in [2.05, 4.69) is 10.3 Å². The van der Waals surface area contributed by atoms with Gasteiger partial charge in [0.25, 0.3) is 5.91 Å². The summed E-state index contributed by atoms with van der Waals surface area (Å²) < 4.78 is 13.5. The second kappa shape index (κ2) is 4.65. The zero-order valence-electron chi connectivity index (χ0n) is 10.1. The average Bonchev–Trinajstić information content (AvgIpc) is 2.75. The smallest absolute Gasteiger partial charge is 0.274 e. The Morgan fingerprint density at radius 1 is 1.05 bits per heavy atom. The van der Waals surface area contributed by atoms with Crippen molar-refractivity contribution in [3.8, 4) is 0 Å². The Morgan fingerprint density at radius 2 is 1.84 bits per heavy atom. The first-order chi connectivity index (χ1) is 9.25. The molecule has 0 aliphatic carbocycles. The van der Waals surface area contributed by atoms with Crippen LogP contribution in [-0.4, -0.2) is 11.6 Å². The van der Waals surface area contributed by atoms with E-state index in [0.717, 1.165) is 5.56 Å².